The summed E-state index contributed by atoms with van der Waals surface area (Å²) >= 11 is 0. The fourth-order valence-electron chi connectivity index (χ4n) is 1.70. The zero-order valence-corrected chi connectivity index (χ0v) is 10.5. The summed E-state index contributed by atoms with van der Waals surface area (Å²) < 4.78 is 0. The monoisotopic (exact) mass is 230 g/mol. The number of aromatic hydroxyl groups is 1. The van der Waals surface area contributed by atoms with Crippen molar-refractivity contribution in [2.24, 2.45) is 4.99 Å². The molecule has 3 heteroatoms. The van der Waals surface area contributed by atoms with Crippen molar-refractivity contribution >= 4 is 28.9 Å². The number of nitrogens with zero attached hydrogens (tertiary/aromatic N) is 1. The summed E-state index contributed by atoms with van der Waals surface area (Å²) in [6, 6.07) is 7.32. The first-order chi connectivity index (χ1) is 8.13. The second-order valence-corrected chi connectivity index (χ2v) is 3.54. The van der Waals surface area contributed by atoms with Gasteiger partial charge >= 0.3 is 0 Å². The summed E-state index contributed by atoms with van der Waals surface area (Å²) in [7, 11) is 0. The molecular weight excluding hydrogens is 212 g/mol. The molecule has 0 heterocycles. The van der Waals surface area contributed by atoms with Gasteiger partial charge in [-0.25, -0.2) is 0 Å². The van der Waals surface area contributed by atoms with Crippen LogP contribution in [0.2, 0.25) is 0 Å². The van der Waals surface area contributed by atoms with E-state index in [0.717, 1.165) is 16.3 Å². The predicted octanol–water partition coefficient (Wildman–Crippen LogP) is 3.79. The number of hydrogen-bond acceptors (Lipinski definition) is 3. The highest BCUT2D eigenvalue weighted by molar-refractivity contribution is 6.03. The van der Waals surface area contributed by atoms with E-state index in [1.54, 1.807) is 0 Å². The number of fused-ring (bicyclic) bond motifs is 1. The van der Waals surface area contributed by atoms with Crippen LogP contribution in [0, 0.1) is 6.92 Å². The molecular formula is C14H18N2O. The summed E-state index contributed by atoms with van der Waals surface area (Å²) in [5, 5.41) is 11.4. The smallest absolute Gasteiger partial charge is 0.143 e. The van der Waals surface area contributed by atoms with E-state index in [1.165, 1.54) is 6.07 Å². The quantitative estimate of drug-likeness (QED) is 0.578. The predicted molar refractivity (Wildman–Crippen MR) is 75.3 cm³/mol. The molecule has 90 valence electrons. The van der Waals surface area contributed by atoms with Gasteiger partial charge < -0.3 is 10.8 Å². The molecule has 2 aromatic rings. The van der Waals surface area contributed by atoms with Gasteiger partial charge in [0.2, 0.25) is 0 Å². The van der Waals surface area contributed by atoms with Crippen molar-refractivity contribution in [1.82, 2.24) is 0 Å². The van der Waals surface area contributed by atoms with Crippen LogP contribution in [0.15, 0.2) is 29.3 Å². The van der Waals surface area contributed by atoms with Crippen LogP contribution in [0.3, 0.4) is 0 Å². The number of hydrogen-bond donors (Lipinski definition) is 2. The van der Waals surface area contributed by atoms with Crippen LogP contribution >= 0.6 is 0 Å². The number of anilines is 1. The van der Waals surface area contributed by atoms with Gasteiger partial charge in [-0.1, -0.05) is 31.5 Å². The Morgan fingerprint density at radius 2 is 1.82 bits per heavy atom. The molecule has 17 heavy (non-hydrogen) atoms. The minimum Gasteiger partial charge on any atom is -0.506 e. The molecule has 0 spiro atoms. The highest BCUT2D eigenvalue weighted by Crippen LogP contribution is 2.38. The van der Waals surface area contributed by atoms with E-state index in [2.05, 4.69) is 11.7 Å². The minimum atomic E-state index is 0.0684. The van der Waals surface area contributed by atoms with Gasteiger partial charge in [0.25, 0.3) is 0 Å². The summed E-state index contributed by atoms with van der Waals surface area (Å²) in [6.45, 7) is 9.44. The maximum atomic E-state index is 9.64. The van der Waals surface area contributed by atoms with Gasteiger partial charge in [0.05, 0.1) is 0 Å². The van der Waals surface area contributed by atoms with Crippen LogP contribution < -0.4 is 5.73 Å². The molecule has 0 amide bonds. The molecule has 0 aliphatic heterocycles. The lowest BCUT2D eigenvalue weighted by Crippen LogP contribution is -1.88. The first kappa shape index (κ1) is 13.0. The highest BCUT2D eigenvalue weighted by Gasteiger charge is 2.08. The summed E-state index contributed by atoms with van der Waals surface area (Å²) in [5.74, 6) is 0.0684. The number of aliphatic imine (C=N–C) groups is 1. The highest BCUT2D eigenvalue weighted by atomic mass is 16.3. The minimum absolute atomic E-state index is 0.0684. The molecule has 3 N–H and O–H groups in total. The van der Waals surface area contributed by atoms with Crippen molar-refractivity contribution in [2.75, 3.05) is 5.73 Å². The third kappa shape index (κ3) is 2.38. The first-order valence-electron chi connectivity index (χ1n) is 5.62. The van der Waals surface area contributed by atoms with Crippen molar-refractivity contribution in [3.05, 3.63) is 29.8 Å². The van der Waals surface area contributed by atoms with Gasteiger partial charge in [0.1, 0.15) is 11.4 Å². The molecule has 2 aromatic carbocycles. The molecule has 0 aliphatic carbocycles. The number of phenols is 1. The molecule has 0 saturated carbocycles. The zero-order chi connectivity index (χ0) is 13.0. The fraction of sp³-hybridized carbons (Fsp3) is 0.214. The Kier molecular flexibility index (Phi) is 4.10. The summed E-state index contributed by atoms with van der Waals surface area (Å²) in [5.41, 5.74) is 7.99. The number of nitrogen functional groups attached to an aromatic ring is 1. The van der Waals surface area contributed by atoms with Crippen LogP contribution in [0.4, 0.5) is 11.4 Å². The molecule has 2 rings (SSSR count). The van der Waals surface area contributed by atoms with E-state index >= 15 is 0 Å². The van der Waals surface area contributed by atoms with E-state index in [9.17, 15) is 5.11 Å². The second kappa shape index (κ2) is 5.34. The zero-order valence-electron chi connectivity index (χ0n) is 10.5. The van der Waals surface area contributed by atoms with E-state index in [1.807, 2.05) is 39.0 Å². The van der Waals surface area contributed by atoms with Crippen LogP contribution in [-0.4, -0.2) is 11.8 Å². The average molecular weight is 230 g/mol. The van der Waals surface area contributed by atoms with Crippen LogP contribution in [0.25, 0.3) is 10.8 Å². The largest absolute Gasteiger partial charge is 0.506 e. The van der Waals surface area contributed by atoms with Gasteiger partial charge in [-0.05, 0) is 19.7 Å². The van der Waals surface area contributed by atoms with Gasteiger partial charge in [0, 0.05) is 22.5 Å². The standard InChI is InChI=1S/C12H12N2O.C2H6/c1-7-3-4-8-9(5-7)10(13)6-11(15)12(8)14-2;1-2/h3-6,15H,2,13H2,1H3;1-2H3. The van der Waals surface area contributed by atoms with Crippen molar-refractivity contribution in [2.45, 2.75) is 20.8 Å². The average Bonchev–Trinajstić information content (AvgIpc) is 2.33. The molecule has 0 radical (unpaired) electrons. The number of aryl methyl sites for hydroxylation is 1. The van der Waals surface area contributed by atoms with E-state index in [-0.39, 0.29) is 5.75 Å². The topological polar surface area (TPSA) is 58.6 Å². The number of phenolic OH excluding ortho intramolecular Hbond substituents is 1. The molecule has 3 nitrogen and oxygen atoms in total. The molecule has 0 unspecified atom stereocenters. The Balaban J connectivity index is 0.000000686. The Morgan fingerprint density at radius 3 is 2.41 bits per heavy atom. The van der Waals surface area contributed by atoms with Gasteiger partial charge in [-0.15, -0.1) is 0 Å². The van der Waals surface area contributed by atoms with Crippen molar-refractivity contribution in [3.63, 3.8) is 0 Å². The molecule has 0 fully saturated rings. The lowest BCUT2D eigenvalue weighted by Gasteiger charge is -2.08. The Hall–Kier alpha value is -2.03. The lowest BCUT2D eigenvalue weighted by molar-refractivity contribution is 0.478. The molecule has 0 atom stereocenters. The summed E-state index contributed by atoms with van der Waals surface area (Å²) in [4.78, 5) is 3.81. The second-order valence-electron chi connectivity index (χ2n) is 3.54. The van der Waals surface area contributed by atoms with E-state index in [4.69, 9.17) is 5.73 Å². The molecule has 0 aliphatic rings. The Bertz CT molecular complexity index is 547. The van der Waals surface area contributed by atoms with Gasteiger partial charge in [0.15, 0.2) is 0 Å². The maximum absolute atomic E-state index is 9.64. The molecule has 0 aromatic heterocycles. The third-order valence-corrected chi connectivity index (χ3v) is 2.43. The molecule has 0 bridgehead atoms. The van der Waals surface area contributed by atoms with Crippen LogP contribution in [0.5, 0.6) is 5.75 Å². The number of benzene rings is 2. The fourth-order valence-corrected chi connectivity index (χ4v) is 1.70. The van der Waals surface area contributed by atoms with Crippen molar-refractivity contribution in [3.8, 4) is 5.75 Å². The van der Waals surface area contributed by atoms with Crippen LogP contribution in [0.1, 0.15) is 19.4 Å². The normalized spacial score (nSPS) is 9.59. The Labute approximate surface area is 102 Å². The third-order valence-electron chi connectivity index (χ3n) is 2.43. The number of rotatable bonds is 1. The van der Waals surface area contributed by atoms with Crippen molar-refractivity contribution in [1.29, 1.82) is 0 Å². The molecule has 0 saturated heterocycles. The Morgan fingerprint density at radius 1 is 1.18 bits per heavy atom. The van der Waals surface area contributed by atoms with Gasteiger partial charge in [-0.2, -0.15) is 0 Å². The lowest BCUT2D eigenvalue weighted by atomic mass is 10.0. The number of nitrogens with two attached hydrogens (primary N) is 1. The van der Waals surface area contributed by atoms with Gasteiger partial charge in [-0.3, -0.25) is 4.99 Å². The van der Waals surface area contributed by atoms with Crippen LogP contribution in [-0.2, 0) is 0 Å². The summed E-state index contributed by atoms with van der Waals surface area (Å²) in [6.07, 6.45) is 0. The van der Waals surface area contributed by atoms with E-state index in [0.29, 0.717) is 11.4 Å². The van der Waals surface area contributed by atoms with Crippen molar-refractivity contribution < 1.29 is 5.11 Å². The first-order valence-corrected chi connectivity index (χ1v) is 5.62. The van der Waals surface area contributed by atoms with E-state index < -0.39 is 0 Å². The maximum Gasteiger partial charge on any atom is 0.143 e. The SMILES string of the molecule is C=Nc1c(O)cc(N)c2cc(C)ccc12.CC.